The number of rotatable bonds is 1. The monoisotopic (exact) mass is 241 g/mol. The summed E-state index contributed by atoms with van der Waals surface area (Å²) in [6.07, 6.45) is 9.05. The predicted molar refractivity (Wildman–Crippen MR) is 67.7 cm³/mol. The van der Waals surface area contributed by atoms with Crippen LogP contribution < -0.4 is 0 Å². The molecule has 3 nitrogen and oxygen atoms in total. The first-order valence-electron chi connectivity index (χ1n) is 7.18. The Hall–Kier alpha value is -1.30. The Balaban J connectivity index is 1.75. The lowest BCUT2D eigenvalue weighted by molar-refractivity contribution is -0.00289. The molecule has 0 aliphatic heterocycles. The number of hydrogen-bond donors (Lipinski definition) is 0. The Bertz CT molecular complexity index is 494. The summed E-state index contributed by atoms with van der Waals surface area (Å²) in [5, 5.41) is 13.6. The maximum absolute atomic E-state index is 9.33. The summed E-state index contributed by atoms with van der Waals surface area (Å²) in [5.41, 5.74) is 2.04. The van der Waals surface area contributed by atoms with Crippen molar-refractivity contribution in [3.05, 3.63) is 17.5 Å². The van der Waals surface area contributed by atoms with E-state index < -0.39 is 0 Å². The summed E-state index contributed by atoms with van der Waals surface area (Å²) in [7, 11) is 1.89. The smallest absolute Gasteiger partial charge is 0.141 e. The van der Waals surface area contributed by atoms with E-state index in [2.05, 4.69) is 11.2 Å². The zero-order valence-corrected chi connectivity index (χ0v) is 10.8. The van der Waals surface area contributed by atoms with Crippen molar-refractivity contribution in [2.75, 3.05) is 0 Å². The van der Waals surface area contributed by atoms with Crippen LogP contribution in [0.1, 0.15) is 49.3 Å². The lowest BCUT2D eigenvalue weighted by Crippen LogP contribution is -2.43. The average Bonchev–Trinajstić information content (AvgIpc) is 2.69. The van der Waals surface area contributed by atoms with Gasteiger partial charge in [-0.2, -0.15) is 10.4 Å². The van der Waals surface area contributed by atoms with Crippen LogP contribution in [0.3, 0.4) is 0 Å². The zero-order chi connectivity index (χ0) is 12.3. The highest BCUT2D eigenvalue weighted by atomic mass is 15.3. The molecule has 0 radical (unpaired) electrons. The first kappa shape index (κ1) is 10.6. The molecule has 5 rings (SSSR count). The minimum Gasteiger partial charge on any atom is -0.258 e. The topological polar surface area (TPSA) is 41.6 Å². The van der Waals surface area contributed by atoms with Gasteiger partial charge >= 0.3 is 0 Å². The maximum Gasteiger partial charge on any atom is 0.141 e. The molecule has 1 heterocycles. The third-order valence-corrected chi connectivity index (χ3v) is 5.66. The molecule has 18 heavy (non-hydrogen) atoms. The van der Waals surface area contributed by atoms with Gasteiger partial charge in [0.15, 0.2) is 0 Å². The van der Waals surface area contributed by atoms with Gasteiger partial charge in [0, 0.05) is 12.6 Å². The molecular formula is C15H19N3. The van der Waals surface area contributed by atoms with Gasteiger partial charge in [-0.15, -0.1) is 0 Å². The van der Waals surface area contributed by atoms with Crippen molar-refractivity contribution in [1.82, 2.24) is 9.78 Å². The van der Waals surface area contributed by atoms with Crippen molar-refractivity contribution in [2.45, 2.75) is 38.0 Å². The van der Waals surface area contributed by atoms with E-state index in [1.807, 2.05) is 13.2 Å². The Kier molecular flexibility index (Phi) is 2.12. The highest BCUT2D eigenvalue weighted by Crippen LogP contribution is 2.60. The van der Waals surface area contributed by atoms with Crippen molar-refractivity contribution in [2.24, 2.45) is 30.7 Å². The average molecular weight is 241 g/mol. The largest absolute Gasteiger partial charge is 0.258 e. The fraction of sp³-hybridized carbons (Fsp3) is 0.733. The van der Waals surface area contributed by atoms with Crippen LogP contribution in [0.25, 0.3) is 0 Å². The van der Waals surface area contributed by atoms with Crippen LogP contribution in [0.5, 0.6) is 0 Å². The molecule has 0 N–H and O–H groups in total. The molecular weight excluding hydrogens is 222 g/mol. The van der Waals surface area contributed by atoms with E-state index in [-0.39, 0.29) is 0 Å². The summed E-state index contributed by atoms with van der Waals surface area (Å²) in [5.74, 6) is 4.27. The molecule has 3 heteroatoms. The molecule has 4 bridgehead atoms. The molecule has 0 aromatic carbocycles. The summed E-state index contributed by atoms with van der Waals surface area (Å²) in [6.45, 7) is 0. The third-order valence-electron chi connectivity index (χ3n) is 5.66. The number of aromatic nitrogens is 2. The molecule has 1 aromatic rings. The number of nitriles is 1. The number of aryl methyl sites for hydroxylation is 1. The first-order valence-corrected chi connectivity index (χ1v) is 7.18. The SMILES string of the molecule is Cn1ncc(C2C3CC4CC(C3)CC2C4)c1C#N. The Morgan fingerprint density at radius 3 is 2.33 bits per heavy atom. The second-order valence-electron chi connectivity index (χ2n) is 6.64. The predicted octanol–water partition coefficient (Wildman–Crippen LogP) is 2.83. The second-order valence-corrected chi connectivity index (χ2v) is 6.64. The normalized spacial score (nSPS) is 41.0. The standard InChI is InChI=1S/C15H19N3/c1-18-14(7-16)13(8-17-18)15-11-3-9-2-10(5-11)6-12(15)4-9/h8-12,15H,2-6H2,1H3. The highest BCUT2D eigenvalue weighted by Gasteiger charge is 2.49. The van der Waals surface area contributed by atoms with Crippen LogP contribution in [-0.2, 0) is 7.05 Å². The van der Waals surface area contributed by atoms with Gasteiger partial charge in [0.05, 0.1) is 6.20 Å². The van der Waals surface area contributed by atoms with Gasteiger partial charge in [-0.1, -0.05) is 0 Å². The zero-order valence-electron chi connectivity index (χ0n) is 10.8. The van der Waals surface area contributed by atoms with Gasteiger partial charge in [0.25, 0.3) is 0 Å². The summed E-state index contributed by atoms with van der Waals surface area (Å²) in [4.78, 5) is 0. The molecule has 0 amide bonds. The van der Waals surface area contributed by atoms with Crippen LogP contribution >= 0.6 is 0 Å². The first-order chi connectivity index (χ1) is 8.76. The van der Waals surface area contributed by atoms with Crippen LogP contribution in [0.15, 0.2) is 6.20 Å². The van der Waals surface area contributed by atoms with Gasteiger partial charge in [-0.05, 0) is 61.7 Å². The van der Waals surface area contributed by atoms with Gasteiger partial charge < -0.3 is 0 Å². The van der Waals surface area contributed by atoms with Gasteiger partial charge in [-0.25, -0.2) is 0 Å². The second kappa shape index (κ2) is 3.60. The van der Waals surface area contributed by atoms with Crippen molar-refractivity contribution in [1.29, 1.82) is 5.26 Å². The molecule has 4 saturated carbocycles. The molecule has 0 spiro atoms. The fourth-order valence-corrected chi connectivity index (χ4v) is 5.27. The molecule has 0 atom stereocenters. The van der Waals surface area contributed by atoms with E-state index in [9.17, 15) is 5.26 Å². The Morgan fingerprint density at radius 1 is 1.17 bits per heavy atom. The van der Waals surface area contributed by atoms with Gasteiger partial charge in [0.1, 0.15) is 11.8 Å². The summed E-state index contributed by atoms with van der Waals surface area (Å²) >= 11 is 0. The van der Waals surface area contributed by atoms with Crippen LogP contribution in [0.4, 0.5) is 0 Å². The molecule has 4 fully saturated rings. The van der Waals surface area contributed by atoms with E-state index in [1.165, 1.54) is 37.7 Å². The molecule has 0 saturated heterocycles. The quantitative estimate of drug-likeness (QED) is 0.758. The van der Waals surface area contributed by atoms with E-state index in [1.54, 1.807) is 4.68 Å². The van der Waals surface area contributed by atoms with Crippen molar-refractivity contribution in [3.63, 3.8) is 0 Å². The molecule has 1 aromatic heterocycles. The number of hydrogen-bond acceptors (Lipinski definition) is 2. The summed E-state index contributed by atoms with van der Waals surface area (Å²) in [6, 6.07) is 2.35. The van der Waals surface area contributed by atoms with Crippen molar-refractivity contribution in [3.8, 4) is 6.07 Å². The highest BCUT2D eigenvalue weighted by molar-refractivity contribution is 5.35. The molecule has 4 aliphatic carbocycles. The lowest BCUT2D eigenvalue weighted by Gasteiger charge is -2.54. The Morgan fingerprint density at radius 2 is 1.78 bits per heavy atom. The lowest BCUT2D eigenvalue weighted by atomic mass is 9.51. The van der Waals surface area contributed by atoms with Crippen LogP contribution in [0.2, 0.25) is 0 Å². The van der Waals surface area contributed by atoms with Gasteiger partial charge in [0.2, 0.25) is 0 Å². The third kappa shape index (κ3) is 1.32. The maximum atomic E-state index is 9.33. The molecule has 0 unspecified atom stereocenters. The molecule has 4 aliphatic rings. The summed E-state index contributed by atoms with van der Waals surface area (Å²) < 4.78 is 1.75. The van der Waals surface area contributed by atoms with Crippen LogP contribution in [0, 0.1) is 35.0 Å². The fourth-order valence-electron chi connectivity index (χ4n) is 5.27. The molecule has 94 valence electrons. The van der Waals surface area contributed by atoms with E-state index in [0.29, 0.717) is 5.92 Å². The minimum absolute atomic E-state index is 0.626. The van der Waals surface area contributed by atoms with Crippen molar-refractivity contribution < 1.29 is 0 Å². The van der Waals surface area contributed by atoms with E-state index in [0.717, 1.165) is 29.4 Å². The van der Waals surface area contributed by atoms with E-state index >= 15 is 0 Å². The minimum atomic E-state index is 0.626. The van der Waals surface area contributed by atoms with Gasteiger partial charge in [-0.3, -0.25) is 4.68 Å². The number of nitrogens with zero attached hydrogens (tertiary/aromatic N) is 3. The van der Waals surface area contributed by atoms with E-state index in [4.69, 9.17) is 0 Å². The van der Waals surface area contributed by atoms with Crippen LogP contribution in [-0.4, -0.2) is 9.78 Å². The van der Waals surface area contributed by atoms with Crippen molar-refractivity contribution >= 4 is 0 Å². The Labute approximate surface area is 108 Å².